The van der Waals surface area contributed by atoms with Crippen molar-refractivity contribution in [2.45, 2.75) is 17.7 Å². The Morgan fingerprint density at radius 3 is 2.14 bits per heavy atom. The fourth-order valence-electron chi connectivity index (χ4n) is 3.13. The van der Waals surface area contributed by atoms with Crippen LogP contribution in [0.4, 0.5) is 3.89 Å². The fourth-order valence-corrected chi connectivity index (χ4v) is 4.15. The van der Waals surface area contributed by atoms with Crippen LogP contribution in [0.5, 0.6) is 0 Å². The third-order valence-electron chi connectivity index (χ3n) is 4.18. The van der Waals surface area contributed by atoms with Gasteiger partial charge in [0.1, 0.15) is 5.25 Å². The van der Waals surface area contributed by atoms with E-state index in [0.717, 1.165) is 11.1 Å². The second-order valence-electron chi connectivity index (χ2n) is 5.71. The largest absolute Gasteiger partial charge is 0.307 e. The van der Waals surface area contributed by atoms with E-state index in [1.807, 2.05) is 65.6 Å². The highest BCUT2D eigenvalue weighted by Crippen LogP contribution is 2.33. The molecule has 5 heteroatoms. The van der Waals surface area contributed by atoms with Crippen molar-refractivity contribution in [3.8, 4) is 0 Å². The van der Waals surface area contributed by atoms with Crippen molar-refractivity contribution >= 4 is 10.2 Å². The summed E-state index contributed by atoms with van der Waals surface area (Å²) >= 11 is 0. The molecule has 0 N–H and O–H groups in total. The molecule has 0 spiro atoms. The zero-order valence-corrected chi connectivity index (χ0v) is 12.9. The fraction of sp³-hybridized carbons (Fsp3) is 0.294. The summed E-state index contributed by atoms with van der Waals surface area (Å²) in [6, 6.07) is 19.2. The van der Waals surface area contributed by atoms with Gasteiger partial charge in [0.15, 0.2) is 0 Å². The Labute approximate surface area is 130 Å². The van der Waals surface area contributed by atoms with Crippen LogP contribution in [0, 0.1) is 0 Å². The second kappa shape index (κ2) is 6.18. The second-order valence-corrected chi connectivity index (χ2v) is 7.27. The SMILES string of the molecule is O=S(=O)(F)[C@H]1CN(Cc2ccccc2)C[C@@H]1c1ccccc1. The van der Waals surface area contributed by atoms with E-state index in [-0.39, 0.29) is 12.5 Å². The lowest BCUT2D eigenvalue weighted by Crippen LogP contribution is -2.26. The highest BCUT2D eigenvalue weighted by Gasteiger charge is 2.42. The van der Waals surface area contributed by atoms with Crippen LogP contribution in [0.15, 0.2) is 60.7 Å². The van der Waals surface area contributed by atoms with Gasteiger partial charge in [-0.2, -0.15) is 8.42 Å². The monoisotopic (exact) mass is 319 g/mol. The topological polar surface area (TPSA) is 37.4 Å². The molecule has 1 fully saturated rings. The number of halogens is 1. The van der Waals surface area contributed by atoms with Crippen molar-refractivity contribution in [2.75, 3.05) is 13.1 Å². The number of hydrogen-bond acceptors (Lipinski definition) is 3. The molecule has 0 unspecified atom stereocenters. The molecule has 116 valence electrons. The predicted octanol–water partition coefficient (Wildman–Crippen LogP) is 2.95. The van der Waals surface area contributed by atoms with Crippen LogP contribution in [0.3, 0.4) is 0 Å². The van der Waals surface area contributed by atoms with E-state index in [4.69, 9.17) is 0 Å². The first-order valence-electron chi connectivity index (χ1n) is 7.29. The van der Waals surface area contributed by atoms with E-state index < -0.39 is 15.5 Å². The first-order chi connectivity index (χ1) is 10.5. The number of benzene rings is 2. The van der Waals surface area contributed by atoms with Crippen LogP contribution in [-0.4, -0.2) is 31.7 Å². The maximum absolute atomic E-state index is 13.7. The lowest BCUT2D eigenvalue weighted by molar-refractivity contribution is 0.326. The maximum atomic E-state index is 13.7. The molecule has 0 radical (unpaired) electrons. The molecule has 0 amide bonds. The summed E-state index contributed by atoms with van der Waals surface area (Å²) < 4.78 is 36.7. The van der Waals surface area contributed by atoms with E-state index in [2.05, 4.69) is 0 Å². The van der Waals surface area contributed by atoms with Crippen molar-refractivity contribution in [1.29, 1.82) is 0 Å². The molecule has 22 heavy (non-hydrogen) atoms. The van der Waals surface area contributed by atoms with E-state index in [9.17, 15) is 12.3 Å². The zero-order valence-electron chi connectivity index (χ0n) is 12.1. The van der Waals surface area contributed by atoms with Crippen LogP contribution in [-0.2, 0) is 16.8 Å². The molecule has 1 aliphatic rings. The first kappa shape index (κ1) is 15.2. The Balaban J connectivity index is 1.83. The van der Waals surface area contributed by atoms with E-state index in [1.165, 1.54) is 0 Å². The van der Waals surface area contributed by atoms with Crippen molar-refractivity contribution < 1.29 is 12.3 Å². The van der Waals surface area contributed by atoms with Crippen molar-refractivity contribution in [3.05, 3.63) is 71.8 Å². The van der Waals surface area contributed by atoms with Crippen molar-refractivity contribution in [1.82, 2.24) is 4.90 Å². The molecule has 0 aliphatic carbocycles. The number of rotatable bonds is 4. The van der Waals surface area contributed by atoms with Gasteiger partial charge in [-0.05, 0) is 11.1 Å². The van der Waals surface area contributed by atoms with Gasteiger partial charge >= 0.3 is 10.2 Å². The summed E-state index contributed by atoms with van der Waals surface area (Å²) in [6.07, 6.45) is 0. The third kappa shape index (κ3) is 3.36. The molecule has 3 rings (SSSR count). The standard InChI is InChI=1S/C17H18FNO2S/c18-22(20,21)17-13-19(11-14-7-3-1-4-8-14)12-16(17)15-9-5-2-6-10-15/h1-10,16-17H,11-13H2/t16-,17+/m1/s1. The minimum atomic E-state index is -4.57. The quantitative estimate of drug-likeness (QED) is 0.813. The maximum Gasteiger partial charge on any atom is 0.307 e. The average molecular weight is 319 g/mol. The number of nitrogens with zero attached hydrogens (tertiary/aromatic N) is 1. The Bertz CT molecular complexity index is 719. The summed E-state index contributed by atoms with van der Waals surface area (Å²) in [4.78, 5) is 2.01. The van der Waals surface area contributed by atoms with Gasteiger partial charge in [0.25, 0.3) is 0 Å². The molecule has 0 aromatic heterocycles. The average Bonchev–Trinajstić information content (AvgIpc) is 2.93. The summed E-state index contributed by atoms with van der Waals surface area (Å²) in [6.45, 7) is 1.41. The molecule has 2 aromatic carbocycles. The molecule has 0 saturated carbocycles. The highest BCUT2D eigenvalue weighted by molar-refractivity contribution is 7.87. The number of likely N-dealkylation sites (tertiary alicyclic amines) is 1. The van der Waals surface area contributed by atoms with Crippen LogP contribution >= 0.6 is 0 Å². The van der Waals surface area contributed by atoms with Gasteiger partial charge in [0.05, 0.1) is 0 Å². The van der Waals surface area contributed by atoms with Gasteiger partial charge in [-0.15, -0.1) is 3.89 Å². The molecule has 1 aliphatic heterocycles. The minimum Gasteiger partial charge on any atom is -0.297 e. The molecular formula is C17H18FNO2S. The molecule has 2 aromatic rings. The summed E-state index contributed by atoms with van der Waals surface area (Å²) in [5, 5.41) is -0.987. The van der Waals surface area contributed by atoms with Gasteiger partial charge in [-0.3, -0.25) is 4.90 Å². The Morgan fingerprint density at radius 2 is 1.55 bits per heavy atom. The zero-order chi connectivity index (χ0) is 15.6. The van der Waals surface area contributed by atoms with Gasteiger partial charge in [0.2, 0.25) is 0 Å². The van der Waals surface area contributed by atoms with Crippen molar-refractivity contribution in [2.24, 2.45) is 0 Å². The van der Waals surface area contributed by atoms with Crippen LogP contribution < -0.4 is 0 Å². The lowest BCUT2D eigenvalue weighted by Gasteiger charge is -2.16. The molecule has 3 nitrogen and oxygen atoms in total. The van der Waals surface area contributed by atoms with E-state index in [1.54, 1.807) is 0 Å². The van der Waals surface area contributed by atoms with Crippen LogP contribution in [0.2, 0.25) is 0 Å². The van der Waals surface area contributed by atoms with Gasteiger partial charge in [-0.1, -0.05) is 60.7 Å². The molecule has 1 heterocycles. The number of hydrogen-bond donors (Lipinski definition) is 0. The third-order valence-corrected chi connectivity index (χ3v) is 5.38. The van der Waals surface area contributed by atoms with Gasteiger partial charge in [0, 0.05) is 25.6 Å². The van der Waals surface area contributed by atoms with E-state index in [0.29, 0.717) is 13.1 Å². The molecular weight excluding hydrogens is 301 g/mol. The summed E-state index contributed by atoms with van der Waals surface area (Å²) in [7, 11) is -4.57. The Kier molecular flexibility index (Phi) is 4.27. The smallest absolute Gasteiger partial charge is 0.297 e. The summed E-state index contributed by atoms with van der Waals surface area (Å²) in [5.74, 6) is -0.320. The molecule has 2 atom stereocenters. The van der Waals surface area contributed by atoms with E-state index >= 15 is 0 Å². The van der Waals surface area contributed by atoms with Crippen LogP contribution in [0.1, 0.15) is 17.0 Å². The first-order valence-corrected chi connectivity index (χ1v) is 8.73. The van der Waals surface area contributed by atoms with Gasteiger partial charge < -0.3 is 0 Å². The highest BCUT2D eigenvalue weighted by atomic mass is 32.3. The molecule has 0 bridgehead atoms. The Morgan fingerprint density at radius 1 is 0.955 bits per heavy atom. The minimum absolute atomic E-state index is 0.229. The van der Waals surface area contributed by atoms with Crippen LogP contribution in [0.25, 0.3) is 0 Å². The van der Waals surface area contributed by atoms with Crippen molar-refractivity contribution in [3.63, 3.8) is 0 Å². The summed E-state index contributed by atoms with van der Waals surface area (Å²) in [5.41, 5.74) is 1.98. The lowest BCUT2D eigenvalue weighted by atomic mass is 9.98. The normalized spacial score (nSPS) is 22.8. The van der Waals surface area contributed by atoms with Gasteiger partial charge in [-0.25, -0.2) is 0 Å². The predicted molar refractivity (Wildman–Crippen MR) is 84.7 cm³/mol. The molecule has 1 saturated heterocycles. The Hall–Kier alpha value is -1.72.